The standard InChI is InChI=1S/C12H10N2O2S/c1-7-12(13-6-17-7)8-2-3-10-9(4-8)14-11(15)5-16-10/h2-4,6H,5H2,1H3,(H,14,15). The third-order valence-corrected chi connectivity index (χ3v) is 3.39. The summed E-state index contributed by atoms with van der Waals surface area (Å²) in [6, 6.07) is 5.72. The Bertz CT molecular complexity index is 592. The number of nitrogens with one attached hydrogen (secondary N) is 1. The number of anilines is 1. The van der Waals surface area contributed by atoms with Crippen LogP contribution in [0, 0.1) is 6.92 Å². The summed E-state index contributed by atoms with van der Waals surface area (Å²) in [4.78, 5) is 16.7. The number of ether oxygens (including phenoxy) is 1. The lowest BCUT2D eigenvalue weighted by molar-refractivity contribution is -0.118. The zero-order chi connectivity index (χ0) is 11.8. The van der Waals surface area contributed by atoms with Crippen molar-refractivity contribution in [2.24, 2.45) is 0 Å². The van der Waals surface area contributed by atoms with Gasteiger partial charge in [0.25, 0.3) is 5.91 Å². The Morgan fingerprint density at radius 2 is 2.35 bits per heavy atom. The summed E-state index contributed by atoms with van der Waals surface area (Å²) in [7, 11) is 0. The highest BCUT2D eigenvalue weighted by Crippen LogP contribution is 2.33. The van der Waals surface area contributed by atoms with E-state index in [1.807, 2.05) is 30.6 Å². The van der Waals surface area contributed by atoms with E-state index in [0.717, 1.165) is 16.1 Å². The maximum absolute atomic E-state index is 11.2. The van der Waals surface area contributed by atoms with Crippen molar-refractivity contribution in [3.63, 3.8) is 0 Å². The summed E-state index contributed by atoms with van der Waals surface area (Å²) in [5.74, 6) is 0.589. The summed E-state index contributed by atoms with van der Waals surface area (Å²) in [5.41, 5.74) is 4.48. The summed E-state index contributed by atoms with van der Waals surface area (Å²) < 4.78 is 5.31. The first-order valence-electron chi connectivity index (χ1n) is 5.21. The first kappa shape index (κ1) is 10.3. The molecule has 4 nitrogen and oxygen atoms in total. The molecule has 0 saturated carbocycles. The van der Waals surface area contributed by atoms with Crippen LogP contribution in [0.15, 0.2) is 23.7 Å². The van der Waals surface area contributed by atoms with Crippen LogP contribution in [0.4, 0.5) is 5.69 Å². The number of benzene rings is 1. The molecular formula is C12H10N2O2S. The molecule has 86 valence electrons. The van der Waals surface area contributed by atoms with E-state index in [1.54, 1.807) is 11.3 Å². The molecule has 1 aromatic carbocycles. The number of aryl methyl sites for hydroxylation is 1. The van der Waals surface area contributed by atoms with Gasteiger partial charge in [-0.1, -0.05) is 0 Å². The van der Waals surface area contributed by atoms with Gasteiger partial charge >= 0.3 is 0 Å². The molecule has 2 heterocycles. The zero-order valence-electron chi connectivity index (χ0n) is 9.19. The number of aromatic nitrogens is 1. The normalized spacial score (nSPS) is 13.8. The number of amides is 1. The number of hydrogen-bond acceptors (Lipinski definition) is 4. The quantitative estimate of drug-likeness (QED) is 0.840. The fraction of sp³-hybridized carbons (Fsp3) is 0.167. The molecule has 17 heavy (non-hydrogen) atoms. The Labute approximate surface area is 102 Å². The van der Waals surface area contributed by atoms with Crippen LogP contribution in [0.2, 0.25) is 0 Å². The van der Waals surface area contributed by atoms with Crippen molar-refractivity contribution in [2.45, 2.75) is 6.92 Å². The largest absolute Gasteiger partial charge is 0.482 e. The number of hydrogen-bond donors (Lipinski definition) is 1. The highest BCUT2D eigenvalue weighted by Gasteiger charge is 2.17. The molecule has 3 rings (SSSR count). The molecule has 1 amide bonds. The number of fused-ring (bicyclic) bond motifs is 1. The summed E-state index contributed by atoms with van der Waals surface area (Å²) in [6.45, 7) is 2.11. The van der Waals surface area contributed by atoms with E-state index in [9.17, 15) is 4.79 Å². The van der Waals surface area contributed by atoms with Gasteiger partial charge in [0.15, 0.2) is 6.61 Å². The topological polar surface area (TPSA) is 51.2 Å². The molecule has 2 aromatic rings. The smallest absolute Gasteiger partial charge is 0.262 e. The van der Waals surface area contributed by atoms with Crippen molar-refractivity contribution in [1.29, 1.82) is 0 Å². The van der Waals surface area contributed by atoms with E-state index in [4.69, 9.17) is 4.74 Å². The lowest BCUT2D eigenvalue weighted by atomic mass is 10.1. The van der Waals surface area contributed by atoms with Crippen molar-refractivity contribution in [3.05, 3.63) is 28.6 Å². The molecule has 5 heteroatoms. The van der Waals surface area contributed by atoms with Gasteiger partial charge in [0.1, 0.15) is 5.75 Å². The SMILES string of the molecule is Cc1scnc1-c1ccc2c(c1)NC(=O)CO2. The zero-order valence-corrected chi connectivity index (χ0v) is 10.0. The number of nitrogens with zero attached hydrogens (tertiary/aromatic N) is 1. The third kappa shape index (κ3) is 1.78. The Morgan fingerprint density at radius 1 is 1.47 bits per heavy atom. The average Bonchev–Trinajstić information content (AvgIpc) is 2.74. The average molecular weight is 246 g/mol. The number of thiazole rings is 1. The molecule has 1 N–H and O–H groups in total. The molecule has 0 unspecified atom stereocenters. The van der Waals surface area contributed by atoms with E-state index in [-0.39, 0.29) is 12.5 Å². The number of carbonyl (C=O) groups is 1. The van der Waals surface area contributed by atoms with Crippen LogP contribution in [-0.2, 0) is 4.79 Å². The maximum Gasteiger partial charge on any atom is 0.262 e. The van der Waals surface area contributed by atoms with Gasteiger partial charge < -0.3 is 10.1 Å². The maximum atomic E-state index is 11.2. The van der Waals surface area contributed by atoms with E-state index in [1.165, 1.54) is 0 Å². The fourth-order valence-electron chi connectivity index (χ4n) is 1.81. The van der Waals surface area contributed by atoms with E-state index >= 15 is 0 Å². The summed E-state index contributed by atoms with van der Waals surface area (Å²) >= 11 is 1.61. The molecule has 1 aliphatic rings. The van der Waals surface area contributed by atoms with Crippen molar-refractivity contribution in [2.75, 3.05) is 11.9 Å². The third-order valence-electron chi connectivity index (χ3n) is 2.63. The van der Waals surface area contributed by atoms with Gasteiger partial charge in [-0.3, -0.25) is 4.79 Å². The monoisotopic (exact) mass is 246 g/mol. The Kier molecular flexibility index (Phi) is 2.33. The van der Waals surface area contributed by atoms with Crippen molar-refractivity contribution < 1.29 is 9.53 Å². The molecule has 0 aliphatic carbocycles. The lowest BCUT2D eigenvalue weighted by Crippen LogP contribution is -2.25. The predicted octanol–water partition coefficient (Wildman–Crippen LogP) is 2.45. The molecule has 1 aliphatic heterocycles. The molecule has 0 bridgehead atoms. The van der Waals surface area contributed by atoms with E-state index < -0.39 is 0 Å². The van der Waals surface area contributed by atoms with Crippen LogP contribution < -0.4 is 10.1 Å². The van der Waals surface area contributed by atoms with Crippen LogP contribution in [0.1, 0.15) is 4.88 Å². The van der Waals surface area contributed by atoms with Crippen LogP contribution in [0.5, 0.6) is 5.75 Å². The van der Waals surface area contributed by atoms with E-state index in [0.29, 0.717) is 11.4 Å². The second-order valence-electron chi connectivity index (χ2n) is 3.80. The second kappa shape index (κ2) is 3.85. The molecule has 0 radical (unpaired) electrons. The minimum absolute atomic E-state index is 0.0854. The highest BCUT2D eigenvalue weighted by atomic mass is 32.1. The first-order valence-corrected chi connectivity index (χ1v) is 6.09. The van der Waals surface area contributed by atoms with Crippen molar-refractivity contribution in [3.8, 4) is 17.0 Å². The first-order chi connectivity index (χ1) is 8.24. The van der Waals surface area contributed by atoms with Gasteiger partial charge in [0.05, 0.1) is 16.9 Å². The summed E-state index contributed by atoms with van der Waals surface area (Å²) in [5, 5.41) is 2.79. The van der Waals surface area contributed by atoms with Gasteiger partial charge in [-0.05, 0) is 25.1 Å². The van der Waals surface area contributed by atoms with Crippen LogP contribution >= 0.6 is 11.3 Å². The molecule has 0 fully saturated rings. The van der Waals surface area contributed by atoms with E-state index in [2.05, 4.69) is 10.3 Å². The van der Waals surface area contributed by atoms with Crippen molar-refractivity contribution in [1.82, 2.24) is 4.98 Å². The molecule has 0 saturated heterocycles. The Morgan fingerprint density at radius 3 is 3.12 bits per heavy atom. The van der Waals surface area contributed by atoms with Crippen LogP contribution in [0.3, 0.4) is 0 Å². The molecular weight excluding hydrogens is 236 g/mol. The molecule has 0 atom stereocenters. The van der Waals surface area contributed by atoms with Gasteiger partial charge in [-0.2, -0.15) is 0 Å². The number of carbonyl (C=O) groups excluding carboxylic acids is 1. The minimum Gasteiger partial charge on any atom is -0.482 e. The lowest BCUT2D eigenvalue weighted by Gasteiger charge is -2.18. The van der Waals surface area contributed by atoms with Crippen molar-refractivity contribution >= 4 is 22.9 Å². The fourth-order valence-corrected chi connectivity index (χ4v) is 2.41. The van der Waals surface area contributed by atoms with Gasteiger partial charge in [-0.15, -0.1) is 11.3 Å². The molecule has 0 spiro atoms. The second-order valence-corrected chi connectivity index (χ2v) is 4.86. The van der Waals surface area contributed by atoms with Crippen LogP contribution in [0.25, 0.3) is 11.3 Å². The predicted molar refractivity (Wildman–Crippen MR) is 66.4 cm³/mol. The minimum atomic E-state index is -0.121. The Balaban J connectivity index is 2.06. The van der Waals surface area contributed by atoms with Gasteiger partial charge in [0.2, 0.25) is 0 Å². The Hall–Kier alpha value is -1.88. The molecule has 1 aromatic heterocycles. The number of rotatable bonds is 1. The van der Waals surface area contributed by atoms with Crippen LogP contribution in [-0.4, -0.2) is 17.5 Å². The summed E-state index contributed by atoms with van der Waals surface area (Å²) in [6.07, 6.45) is 0. The highest BCUT2D eigenvalue weighted by molar-refractivity contribution is 7.10. The van der Waals surface area contributed by atoms with Gasteiger partial charge in [0, 0.05) is 10.4 Å². The van der Waals surface area contributed by atoms with Gasteiger partial charge in [-0.25, -0.2) is 4.98 Å².